The van der Waals surface area contributed by atoms with Crippen molar-refractivity contribution < 1.29 is 4.79 Å². The van der Waals surface area contributed by atoms with Gasteiger partial charge in [0.05, 0.1) is 6.54 Å². The summed E-state index contributed by atoms with van der Waals surface area (Å²) >= 11 is 0. The highest BCUT2D eigenvalue weighted by Crippen LogP contribution is 2.11. The summed E-state index contributed by atoms with van der Waals surface area (Å²) < 4.78 is 0. The summed E-state index contributed by atoms with van der Waals surface area (Å²) in [5, 5.41) is 6.39. The van der Waals surface area contributed by atoms with E-state index in [9.17, 15) is 4.79 Å². The van der Waals surface area contributed by atoms with E-state index in [1.165, 1.54) is 19.3 Å². The van der Waals surface area contributed by atoms with Crippen LogP contribution in [-0.4, -0.2) is 50.1 Å². The third kappa shape index (κ3) is 6.36. The minimum absolute atomic E-state index is 0.187. The lowest BCUT2D eigenvalue weighted by Gasteiger charge is -2.26. The number of unbranched alkanes of at least 4 members (excludes halogenated alkanes) is 1. The highest BCUT2D eigenvalue weighted by Gasteiger charge is 2.14. The molecule has 0 spiro atoms. The van der Waals surface area contributed by atoms with Gasteiger partial charge in [0.15, 0.2) is 0 Å². The number of carbonyl (C=O) groups excluding carboxylic acids is 1. The molecular weight excluding hydrogens is 226 g/mol. The van der Waals surface area contributed by atoms with Gasteiger partial charge in [-0.15, -0.1) is 0 Å². The van der Waals surface area contributed by atoms with E-state index in [-0.39, 0.29) is 5.91 Å². The van der Waals surface area contributed by atoms with Crippen LogP contribution in [-0.2, 0) is 4.79 Å². The Morgan fingerprint density at radius 1 is 1.33 bits per heavy atom. The first-order chi connectivity index (χ1) is 8.76. The summed E-state index contributed by atoms with van der Waals surface area (Å²) in [5.74, 6) is 0.837. The standard InChI is InChI=1S/C14H29N3O/c1-3-5-6-13(4-2)11-16-14(18)12-17-9-7-15-8-10-17/h13,15H,3-12H2,1-2H3,(H,16,18). The van der Waals surface area contributed by atoms with E-state index in [2.05, 4.69) is 29.4 Å². The van der Waals surface area contributed by atoms with Gasteiger partial charge in [0.25, 0.3) is 0 Å². The van der Waals surface area contributed by atoms with Crippen LogP contribution < -0.4 is 10.6 Å². The molecule has 1 heterocycles. The molecule has 1 fully saturated rings. The van der Waals surface area contributed by atoms with Crippen LogP contribution in [0.4, 0.5) is 0 Å². The van der Waals surface area contributed by atoms with E-state index in [0.29, 0.717) is 12.5 Å². The predicted octanol–water partition coefficient (Wildman–Crippen LogP) is 1.22. The maximum Gasteiger partial charge on any atom is 0.234 e. The monoisotopic (exact) mass is 255 g/mol. The molecule has 1 amide bonds. The third-order valence-corrected chi connectivity index (χ3v) is 3.71. The molecule has 1 aliphatic heterocycles. The quantitative estimate of drug-likeness (QED) is 0.685. The number of rotatable bonds is 8. The molecule has 0 aliphatic carbocycles. The van der Waals surface area contributed by atoms with Gasteiger partial charge in [0, 0.05) is 32.7 Å². The van der Waals surface area contributed by atoms with Crippen molar-refractivity contribution in [2.24, 2.45) is 5.92 Å². The minimum atomic E-state index is 0.187. The highest BCUT2D eigenvalue weighted by atomic mass is 16.2. The number of carbonyl (C=O) groups is 1. The number of amides is 1. The molecule has 0 saturated carbocycles. The van der Waals surface area contributed by atoms with Crippen LogP contribution in [0.5, 0.6) is 0 Å². The van der Waals surface area contributed by atoms with Crippen LogP contribution in [0, 0.1) is 5.92 Å². The first kappa shape index (κ1) is 15.4. The van der Waals surface area contributed by atoms with E-state index >= 15 is 0 Å². The lowest BCUT2D eigenvalue weighted by Crippen LogP contribution is -2.48. The molecule has 1 rings (SSSR count). The first-order valence-electron chi connectivity index (χ1n) is 7.46. The van der Waals surface area contributed by atoms with Gasteiger partial charge in [-0.1, -0.05) is 33.1 Å². The summed E-state index contributed by atoms with van der Waals surface area (Å²) in [6.07, 6.45) is 4.91. The molecule has 1 atom stereocenters. The first-order valence-corrected chi connectivity index (χ1v) is 7.46. The van der Waals surface area contributed by atoms with Gasteiger partial charge >= 0.3 is 0 Å². The average molecular weight is 255 g/mol. The van der Waals surface area contributed by atoms with Crippen LogP contribution in [0.1, 0.15) is 39.5 Å². The van der Waals surface area contributed by atoms with E-state index in [4.69, 9.17) is 0 Å². The molecule has 1 aliphatic rings. The molecule has 18 heavy (non-hydrogen) atoms. The average Bonchev–Trinajstić information content (AvgIpc) is 2.40. The lowest BCUT2D eigenvalue weighted by molar-refractivity contribution is -0.122. The van der Waals surface area contributed by atoms with Crippen molar-refractivity contribution in [3.63, 3.8) is 0 Å². The molecule has 0 radical (unpaired) electrons. The summed E-state index contributed by atoms with van der Waals surface area (Å²) in [6, 6.07) is 0. The molecule has 4 nitrogen and oxygen atoms in total. The summed E-state index contributed by atoms with van der Waals surface area (Å²) in [5.41, 5.74) is 0. The lowest BCUT2D eigenvalue weighted by atomic mass is 9.99. The van der Waals surface area contributed by atoms with Crippen LogP contribution in [0.15, 0.2) is 0 Å². The van der Waals surface area contributed by atoms with Crippen LogP contribution in [0.3, 0.4) is 0 Å². The molecule has 0 aromatic heterocycles. The summed E-state index contributed by atoms with van der Waals surface area (Å²) in [4.78, 5) is 14.1. The Labute approximate surface area is 111 Å². The zero-order valence-corrected chi connectivity index (χ0v) is 12.0. The fourth-order valence-corrected chi connectivity index (χ4v) is 2.33. The van der Waals surface area contributed by atoms with Crippen molar-refractivity contribution in [3.05, 3.63) is 0 Å². The Hall–Kier alpha value is -0.610. The molecule has 0 aromatic carbocycles. The second-order valence-corrected chi connectivity index (χ2v) is 5.25. The Kier molecular flexibility index (Phi) is 8.01. The molecule has 1 unspecified atom stereocenters. The van der Waals surface area contributed by atoms with Crippen molar-refractivity contribution in [3.8, 4) is 0 Å². The summed E-state index contributed by atoms with van der Waals surface area (Å²) in [7, 11) is 0. The number of piperazine rings is 1. The van der Waals surface area contributed by atoms with Crippen molar-refractivity contribution in [1.29, 1.82) is 0 Å². The van der Waals surface area contributed by atoms with Gasteiger partial charge in [-0.25, -0.2) is 0 Å². The van der Waals surface area contributed by atoms with Gasteiger partial charge in [-0.2, -0.15) is 0 Å². The SMILES string of the molecule is CCCCC(CC)CNC(=O)CN1CCNCC1. The fraction of sp³-hybridized carbons (Fsp3) is 0.929. The summed E-state index contributed by atoms with van der Waals surface area (Å²) in [6.45, 7) is 9.81. The van der Waals surface area contributed by atoms with Crippen LogP contribution in [0.25, 0.3) is 0 Å². The number of hydrogen-bond donors (Lipinski definition) is 2. The molecule has 0 bridgehead atoms. The Morgan fingerprint density at radius 3 is 2.67 bits per heavy atom. The van der Waals surface area contributed by atoms with Crippen LogP contribution >= 0.6 is 0 Å². The fourth-order valence-electron chi connectivity index (χ4n) is 2.33. The van der Waals surface area contributed by atoms with Gasteiger partial charge in [0.2, 0.25) is 5.91 Å². The smallest absolute Gasteiger partial charge is 0.234 e. The molecule has 2 N–H and O–H groups in total. The Morgan fingerprint density at radius 2 is 2.06 bits per heavy atom. The third-order valence-electron chi connectivity index (χ3n) is 3.71. The normalized spacial score (nSPS) is 18.6. The second kappa shape index (κ2) is 9.34. The number of hydrogen-bond acceptors (Lipinski definition) is 3. The van der Waals surface area contributed by atoms with E-state index in [0.717, 1.165) is 39.1 Å². The molecule has 1 saturated heterocycles. The molecule has 106 valence electrons. The Bertz CT molecular complexity index is 227. The minimum Gasteiger partial charge on any atom is -0.355 e. The topological polar surface area (TPSA) is 44.4 Å². The van der Waals surface area contributed by atoms with Crippen molar-refractivity contribution in [2.75, 3.05) is 39.3 Å². The van der Waals surface area contributed by atoms with Gasteiger partial charge in [-0.3, -0.25) is 9.69 Å². The maximum absolute atomic E-state index is 11.8. The van der Waals surface area contributed by atoms with E-state index < -0.39 is 0 Å². The number of nitrogens with zero attached hydrogens (tertiary/aromatic N) is 1. The number of nitrogens with one attached hydrogen (secondary N) is 2. The van der Waals surface area contributed by atoms with Gasteiger partial charge < -0.3 is 10.6 Å². The largest absolute Gasteiger partial charge is 0.355 e. The van der Waals surface area contributed by atoms with Crippen molar-refractivity contribution >= 4 is 5.91 Å². The Balaban J connectivity index is 2.14. The van der Waals surface area contributed by atoms with Crippen LogP contribution in [0.2, 0.25) is 0 Å². The van der Waals surface area contributed by atoms with E-state index in [1.54, 1.807) is 0 Å². The highest BCUT2D eigenvalue weighted by molar-refractivity contribution is 5.78. The zero-order chi connectivity index (χ0) is 13.2. The maximum atomic E-state index is 11.8. The molecular formula is C14H29N3O. The predicted molar refractivity (Wildman–Crippen MR) is 75.6 cm³/mol. The van der Waals surface area contributed by atoms with Gasteiger partial charge in [-0.05, 0) is 12.3 Å². The molecule has 4 heteroatoms. The zero-order valence-electron chi connectivity index (χ0n) is 12.0. The second-order valence-electron chi connectivity index (χ2n) is 5.25. The van der Waals surface area contributed by atoms with E-state index in [1.807, 2.05) is 0 Å². The molecule has 0 aromatic rings. The van der Waals surface area contributed by atoms with Gasteiger partial charge in [0.1, 0.15) is 0 Å². The van der Waals surface area contributed by atoms with Crippen molar-refractivity contribution in [1.82, 2.24) is 15.5 Å². The van der Waals surface area contributed by atoms with Crippen molar-refractivity contribution in [2.45, 2.75) is 39.5 Å².